The summed E-state index contributed by atoms with van der Waals surface area (Å²) in [6.45, 7) is -0.207. The molecule has 0 aliphatic heterocycles. The SMILES string of the molecule is CN(C)c1ccnc(-c2[c-]c(B(c3[c-]c(-n4[c](=[Pt])n(C)c5ccccc54)ccc3)c3c(-c4ccccc4)cccc3-c3ccccc3)ccc2)c1. The third kappa shape index (κ3) is 6.24. The monoisotopic (exact) mass is 837 g/mol. The number of hydrogen-bond donors (Lipinski definition) is 0. The van der Waals surface area contributed by atoms with Crippen LogP contribution in [0.3, 0.4) is 0 Å². The van der Waals surface area contributed by atoms with Crippen LogP contribution < -0.4 is 21.3 Å². The minimum atomic E-state index is -0.207. The zero-order valence-electron chi connectivity index (χ0n) is 28.7. The van der Waals surface area contributed by atoms with Crippen LogP contribution in [0.4, 0.5) is 5.69 Å². The summed E-state index contributed by atoms with van der Waals surface area (Å²) in [5, 5.41) is 0. The quantitative estimate of drug-likeness (QED) is 0.116. The Balaban J connectivity index is 1.42. The first kappa shape index (κ1) is 32.7. The molecule has 51 heavy (non-hydrogen) atoms. The van der Waals surface area contributed by atoms with E-state index in [1.807, 2.05) is 12.3 Å². The number of imidazole rings is 1. The Hall–Kier alpha value is -5.51. The van der Waals surface area contributed by atoms with Gasteiger partial charge in [-0.25, -0.2) is 0 Å². The molecular formula is C45H35BN4Pt-2. The number of nitrogens with zero attached hydrogens (tertiary/aromatic N) is 4. The number of hydrogen-bond acceptors (Lipinski definition) is 2. The van der Waals surface area contributed by atoms with Crippen molar-refractivity contribution in [1.82, 2.24) is 14.1 Å². The summed E-state index contributed by atoms with van der Waals surface area (Å²) in [5.41, 5.74) is 14.3. The van der Waals surface area contributed by atoms with Crippen LogP contribution in [0.15, 0.2) is 158 Å². The first-order chi connectivity index (χ1) is 25.0. The van der Waals surface area contributed by atoms with Crippen LogP contribution in [0, 0.1) is 15.9 Å². The third-order valence-corrected chi connectivity index (χ3v) is 10.8. The van der Waals surface area contributed by atoms with E-state index in [4.69, 9.17) is 4.98 Å². The van der Waals surface area contributed by atoms with E-state index >= 15 is 0 Å². The molecule has 4 nitrogen and oxygen atoms in total. The van der Waals surface area contributed by atoms with Crippen molar-refractivity contribution in [3.05, 3.63) is 174 Å². The number of benzene rings is 6. The van der Waals surface area contributed by atoms with Gasteiger partial charge in [-0.05, 0) is 6.07 Å². The average Bonchev–Trinajstić information content (AvgIpc) is 3.44. The van der Waals surface area contributed by atoms with Crippen LogP contribution in [0.2, 0.25) is 0 Å². The van der Waals surface area contributed by atoms with E-state index in [1.165, 1.54) is 33.2 Å². The molecule has 0 N–H and O–H groups in total. The molecule has 2 heterocycles. The number of anilines is 1. The van der Waals surface area contributed by atoms with Gasteiger partial charge in [0.2, 0.25) is 0 Å². The zero-order valence-corrected chi connectivity index (χ0v) is 31.0. The summed E-state index contributed by atoms with van der Waals surface area (Å²) < 4.78 is 5.64. The zero-order chi connectivity index (χ0) is 34.9. The number of aryl methyl sites for hydroxylation is 1. The van der Waals surface area contributed by atoms with Crippen LogP contribution in [0.5, 0.6) is 0 Å². The van der Waals surface area contributed by atoms with Crippen molar-refractivity contribution in [2.24, 2.45) is 7.05 Å². The molecule has 2 aromatic heterocycles. The van der Waals surface area contributed by atoms with Crippen molar-refractivity contribution < 1.29 is 19.4 Å². The van der Waals surface area contributed by atoms with Gasteiger partial charge in [0.15, 0.2) is 0 Å². The molecule has 6 aromatic carbocycles. The van der Waals surface area contributed by atoms with E-state index in [0.717, 1.165) is 42.9 Å². The molecule has 0 aliphatic carbocycles. The summed E-state index contributed by atoms with van der Waals surface area (Å²) in [6, 6.07) is 61.6. The molecule has 0 bridgehead atoms. The predicted molar refractivity (Wildman–Crippen MR) is 209 cm³/mol. The van der Waals surface area contributed by atoms with Gasteiger partial charge in [-0.15, -0.1) is 0 Å². The number of fused-ring (bicyclic) bond motifs is 1. The Bertz CT molecular complexity index is 2500. The Morgan fingerprint density at radius 3 is 1.88 bits per heavy atom. The Morgan fingerprint density at radius 1 is 0.627 bits per heavy atom. The molecule has 0 spiro atoms. The molecule has 0 amide bonds. The molecule has 250 valence electrons. The molecule has 8 aromatic rings. The van der Waals surface area contributed by atoms with E-state index in [0.29, 0.717) is 0 Å². The fourth-order valence-corrected chi connectivity index (χ4v) is 7.83. The Morgan fingerprint density at radius 2 is 1.22 bits per heavy atom. The van der Waals surface area contributed by atoms with Gasteiger partial charge in [0, 0.05) is 14.1 Å². The molecule has 0 saturated heterocycles. The van der Waals surface area contributed by atoms with E-state index in [9.17, 15) is 0 Å². The fraction of sp³-hybridized carbons (Fsp3) is 0.0667. The van der Waals surface area contributed by atoms with Crippen molar-refractivity contribution in [2.45, 2.75) is 0 Å². The summed E-state index contributed by atoms with van der Waals surface area (Å²) in [7, 11) is 6.23. The van der Waals surface area contributed by atoms with Gasteiger partial charge in [0.1, 0.15) is 0 Å². The van der Waals surface area contributed by atoms with E-state index in [-0.39, 0.29) is 6.71 Å². The number of rotatable bonds is 8. The van der Waals surface area contributed by atoms with Crippen LogP contribution in [0.25, 0.3) is 50.2 Å². The second-order valence-electron chi connectivity index (χ2n) is 12.9. The average molecular weight is 838 g/mol. The van der Waals surface area contributed by atoms with Crippen LogP contribution in [0.1, 0.15) is 0 Å². The topological polar surface area (TPSA) is 26.0 Å². The van der Waals surface area contributed by atoms with Gasteiger partial charge < -0.3 is 4.90 Å². The first-order valence-corrected chi connectivity index (χ1v) is 18.2. The van der Waals surface area contributed by atoms with Gasteiger partial charge in [-0.3, -0.25) is 0 Å². The summed E-state index contributed by atoms with van der Waals surface area (Å²) in [5.74, 6) is 0. The summed E-state index contributed by atoms with van der Waals surface area (Å²) in [6.07, 6.45) is 1.88. The molecular weight excluding hydrogens is 802 g/mol. The van der Waals surface area contributed by atoms with Crippen LogP contribution >= 0.6 is 0 Å². The molecule has 6 heteroatoms. The molecule has 0 aliphatic rings. The van der Waals surface area contributed by atoms with E-state index < -0.39 is 0 Å². The van der Waals surface area contributed by atoms with Crippen molar-refractivity contribution in [2.75, 3.05) is 19.0 Å². The fourth-order valence-electron chi connectivity index (χ4n) is 7.01. The molecule has 0 radical (unpaired) electrons. The van der Waals surface area contributed by atoms with Crippen LogP contribution in [-0.2, 0) is 26.4 Å². The predicted octanol–water partition coefficient (Wildman–Crippen LogP) is 7.63. The standard InChI is InChI=1S/C45H35BN4.Pt/c1-48(2)38-27-28-47-42(31-38)35-19-12-20-36(29-35)46(37-21-13-22-39(30-37)50-32-49(3)43-25-10-11-26-44(43)50)45-40(33-15-6-4-7-16-33)23-14-24-41(45)34-17-8-5-9-18-34;/h4-28,31H,1-3H3;/q-2;. The van der Waals surface area contributed by atoms with Gasteiger partial charge >= 0.3 is 287 Å². The van der Waals surface area contributed by atoms with Gasteiger partial charge in [0.25, 0.3) is 0 Å². The van der Waals surface area contributed by atoms with E-state index in [2.05, 4.69) is 212 Å². The number of aromatic nitrogens is 3. The van der Waals surface area contributed by atoms with Crippen molar-refractivity contribution in [3.8, 4) is 39.2 Å². The molecule has 0 atom stereocenters. The van der Waals surface area contributed by atoms with Gasteiger partial charge in [-0.2, -0.15) is 0 Å². The summed E-state index contributed by atoms with van der Waals surface area (Å²) in [4.78, 5) is 6.89. The second kappa shape index (κ2) is 14.0. The molecule has 0 unspecified atom stereocenters. The van der Waals surface area contributed by atoms with Crippen molar-refractivity contribution in [1.29, 1.82) is 0 Å². The second-order valence-corrected chi connectivity index (χ2v) is 13.9. The molecule has 0 fully saturated rings. The van der Waals surface area contributed by atoms with Crippen molar-refractivity contribution >= 4 is 39.8 Å². The maximum atomic E-state index is 4.79. The first-order valence-electron chi connectivity index (χ1n) is 17.0. The van der Waals surface area contributed by atoms with Crippen LogP contribution in [-0.4, -0.2) is 34.9 Å². The molecule has 0 saturated carbocycles. The van der Waals surface area contributed by atoms with Crippen molar-refractivity contribution in [3.63, 3.8) is 0 Å². The van der Waals surface area contributed by atoms with Gasteiger partial charge in [-0.1, -0.05) is 0 Å². The number of para-hydroxylation sites is 2. The Labute approximate surface area is 310 Å². The van der Waals surface area contributed by atoms with Gasteiger partial charge in [0.05, 0.1) is 0 Å². The summed E-state index contributed by atoms with van der Waals surface area (Å²) >= 11 is 2.43. The number of pyridine rings is 1. The Kier molecular flexibility index (Phi) is 8.98. The minimum absolute atomic E-state index is 0.207. The maximum absolute atomic E-state index is 4.79. The molecule has 8 rings (SSSR count). The normalized spacial score (nSPS) is 11.2. The van der Waals surface area contributed by atoms with E-state index in [1.54, 1.807) is 0 Å². The third-order valence-electron chi connectivity index (χ3n) is 9.49.